The quantitative estimate of drug-likeness (QED) is 0.670. The van der Waals surface area contributed by atoms with Gasteiger partial charge in [-0.05, 0) is 31.0 Å². The third-order valence-corrected chi connectivity index (χ3v) is 2.46. The van der Waals surface area contributed by atoms with Crippen molar-refractivity contribution >= 4 is 0 Å². The van der Waals surface area contributed by atoms with Gasteiger partial charge >= 0.3 is 0 Å². The third kappa shape index (κ3) is 2.05. The van der Waals surface area contributed by atoms with Gasteiger partial charge in [0.25, 0.3) is 0 Å². The highest BCUT2D eigenvalue weighted by molar-refractivity contribution is 5.14. The molecule has 0 saturated carbocycles. The van der Waals surface area contributed by atoms with Crippen LogP contribution in [0.15, 0.2) is 24.5 Å². The van der Waals surface area contributed by atoms with Gasteiger partial charge in [0, 0.05) is 18.4 Å². The number of pyridine rings is 1. The predicted molar refractivity (Wildman–Crippen MR) is 50.2 cm³/mol. The average Bonchev–Trinajstić information content (AvgIpc) is 2.19. The lowest BCUT2D eigenvalue weighted by molar-refractivity contribution is 0.116. The van der Waals surface area contributed by atoms with E-state index in [-0.39, 0.29) is 12.1 Å². The van der Waals surface area contributed by atoms with Crippen molar-refractivity contribution in [2.45, 2.75) is 25.0 Å². The molecular weight excluding hydrogens is 164 g/mol. The van der Waals surface area contributed by atoms with Crippen molar-refractivity contribution in [3.8, 4) is 0 Å². The van der Waals surface area contributed by atoms with Crippen molar-refractivity contribution in [2.24, 2.45) is 0 Å². The van der Waals surface area contributed by atoms with Gasteiger partial charge in [0.2, 0.25) is 0 Å². The highest BCUT2D eigenvalue weighted by atomic mass is 16.3. The van der Waals surface area contributed by atoms with Gasteiger partial charge in [-0.25, -0.2) is 0 Å². The van der Waals surface area contributed by atoms with Crippen LogP contribution in [0, 0.1) is 0 Å². The second kappa shape index (κ2) is 3.85. The molecule has 0 aliphatic carbocycles. The van der Waals surface area contributed by atoms with E-state index in [2.05, 4.69) is 10.3 Å². The monoisotopic (exact) mass is 178 g/mol. The van der Waals surface area contributed by atoms with Crippen molar-refractivity contribution in [2.75, 3.05) is 6.54 Å². The Labute approximate surface area is 77.8 Å². The van der Waals surface area contributed by atoms with E-state index < -0.39 is 0 Å². The first kappa shape index (κ1) is 8.66. The van der Waals surface area contributed by atoms with E-state index in [1.165, 1.54) is 5.56 Å². The Hall–Kier alpha value is -0.930. The summed E-state index contributed by atoms with van der Waals surface area (Å²) in [6.45, 7) is 0.890. The Bertz CT molecular complexity index is 263. The van der Waals surface area contributed by atoms with Crippen LogP contribution >= 0.6 is 0 Å². The Morgan fingerprint density at radius 3 is 3.15 bits per heavy atom. The molecule has 2 rings (SSSR count). The maximum Gasteiger partial charge on any atom is 0.0570 e. The molecule has 1 aromatic heterocycles. The molecule has 1 fully saturated rings. The Balaban J connectivity index is 2.08. The average molecular weight is 178 g/mol. The molecule has 70 valence electrons. The van der Waals surface area contributed by atoms with Gasteiger partial charge in [0.15, 0.2) is 0 Å². The molecule has 2 unspecified atom stereocenters. The van der Waals surface area contributed by atoms with Crippen LogP contribution in [0.3, 0.4) is 0 Å². The number of aliphatic hydroxyl groups excluding tert-OH is 1. The summed E-state index contributed by atoms with van der Waals surface area (Å²) in [7, 11) is 0. The minimum Gasteiger partial charge on any atom is -0.393 e. The van der Waals surface area contributed by atoms with Crippen molar-refractivity contribution in [3.05, 3.63) is 30.1 Å². The summed E-state index contributed by atoms with van der Waals surface area (Å²) in [5, 5.41) is 12.8. The largest absolute Gasteiger partial charge is 0.393 e. The van der Waals surface area contributed by atoms with E-state index in [1.54, 1.807) is 6.20 Å². The molecule has 1 aliphatic rings. The zero-order valence-corrected chi connectivity index (χ0v) is 7.48. The van der Waals surface area contributed by atoms with Crippen molar-refractivity contribution in [1.29, 1.82) is 0 Å². The van der Waals surface area contributed by atoms with Gasteiger partial charge in [-0.3, -0.25) is 4.98 Å². The zero-order valence-electron chi connectivity index (χ0n) is 7.48. The summed E-state index contributed by atoms with van der Waals surface area (Å²) in [6, 6.07) is 4.25. The third-order valence-electron chi connectivity index (χ3n) is 2.46. The number of piperidine rings is 1. The molecule has 0 amide bonds. The van der Waals surface area contributed by atoms with Crippen LogP contribution in [0.25, 0.3) is 0 Å². The fraction of sp³-hybridized carbons (Fsp3) is 0.500. The molecule has 1 aliphatic heterocycles. The van der Waals surface area contributed by atoms with E-state index in [0.29, 0.717) is 0 Å². The first-order valence-corrected chi connectivity index (χ1v) is 4.67. The summed E-state index contributed by atoms with van der Waals surface area (Å²) >= 11 is 0. The molecule has 2 atom stereocenters. The van der Waals surface area contributed by atoms with Gasteiger partial charge in [0.05, 0.1) is 6.10 Å². The van der Waals surface area contributed by atoms with Gasteiger partial charge in [-0.1, -0.05) is 6.07 Å². The predicted octanol–water partition coefficient (Wildman–Crippen LogP) is 0.867. The maximum absolute atomic E-state index is 9.48. The molecule has 1 aromatic rings. The fourth-order valence-corrected chi connectivity index (χ4v) is 1.73. The highest BCUT2D eigenvalue weighted by Gasteiger charge is 2.20. The number of nitrogens with one attached hydrogen (secondary N) is 1. The molecular formula is C10H14N2O. The molecule has 3 nitrogen and oxygen atoms in total. The standard InChI is InChI=1S/C10H14N2O/c13-9-3-5-12-10(6-9)8-2-1-4-11-7-8/h1-2,4,7,9-10,12-13H,3,5-6H2. The van der Waals surface area contributed by atoms with Crippen molar-refractivity contribution < 1.29 is 5.11 Å². The Morgan fingerprint density at radius 2 is 2.46 bits per heavy atom. The molecule has 2 heterocycles. The van der Waals surface area contributed by atoms with Crippen LogP contribution in [-0.2, 0) is 0 Å². The van der Waals surface area contributed by atoms with Crippen LogP contribution < -0.4 is 5.32 Å². The fourth-order valence-electron chi connectivity index (χ4n) is 1.73. The van der Waals surface area contributed by atoms with Crippen molar-refractivity contribution in [1.82, 2.24) is 10.3 Å². The zero-order chi connectivity index (χ0) is 9.10. The van der Waals surface area contributed by atoms with E-state index in [9.17, 15) is 5.11 Å². The van der Waals surface area contributed by atoms with Crippen LogP contribution in [0.5, 0.6) is 0 Å². The highest BCUT2D eigenvalue weighted by Crippen LogP contribution is 2.21. The second-order valence-corrected chi connectivity index (χ2v) is 3.47. The number of aromatic nitrogens is 1. The molecule has 0 bridgehead atoms. The van der Waals surface area contributed by atoms with E-state index in [0.717, 1.165) is 19.4 Å². The van der Waals surface area contributed by atoms with Crippen LogP contribution in [-0.4, -0.2) is 22.7 Å². The lowest BCUT2D eigenvalue weighted by atomic mass is 9.97. The number of hydrogen-bond acceptors (Lipinski definition) is 3. The van der Waals surface area contributed by atoms with E-state index in [4.69, 9.17) is 0 Å². The summed E-state index contributed by atoms with van der Waals surface area (Å²) in [5.74, 6) is 0. The maximum atomic E-state index is 9.48. The van der Waals surface area contributed by atoms with Crippen LogP contribution in [0.2, 0.25) is 0 Å². The molecule has 3 heteroatoms. The number of aliphatic hydroxyl groups is 1. The molecule has 0 spiro atoms. The number of hydrogen-bond donors (Lipinski definition) is 2. The van der Waals surface area contributed by atoms with Crippen LogP contribution in [0.1, 0.15) is 24.4 Å². The second-order valence-electron chi connectivity index (χ2n) is 3.47. The smallest absolute Gasteiger partial charge is 0.0570 e. The number of rotatable bonds is 1. The van der Waals surface area contributed by atoms with Crippen molar-refractivity contribution in [3.63, 3.8) is 0 Å². The van der Waals surface area contributed by atoms with E-state index in [1.807, 2.05) is 18.3 Å². The van der Waals surface area contributed by atoms with E-state index >= 15 is 0 Å². The van der Waals surface area contributed by atoms with Gasteiger partial charge in [0.1, 0.15) is 0 Å². The molecule has 1 saturated heterocycles. The van der Waals surface area contributed by atoms with Gasteiger partial charge in [-0.2, -0.15) is 0 Å². The lowest BCUT2D eigenvalue weighted by Gasteiger charge is -2.27. The SMILES string of the molecule is OC1CCNC(c2cccnc2)C1. The minimum atomic E-state index is -0.161. The summed E-state index contributed by atoms with van der Waals surface area (Å²) < 4.78 is 0. The molecule has 2 N–H and O–H groups in total. The van der Waals surface area contributed by atoms with Crippen LogP contribution in [0.4, 0.5) is 0 Å². The summed E-state index contributed by atoms with van der Waals surface area (Å²) in [6.07, 6.45) is 5.12. The normalized spacial score (nSPS) is 28.7. The molecule has 13 heavy (non-hydrogen) atoms. The topological polar surface area (TPSA) is 45.1 Å². The molecule has 0 radical (unpaired) electrons. The Morgan fingerprint density at radius 1 is 1.54 bits per heavy atom. The first-order chi connectivity index (χ1) is 6.36. The number of nitrogens with zero attached hydrogens (tertiary/aromatic N) is 1. The van der Waals surface area contributed by atoms with Gasteiger partial charge < -0.3 is 10.4 Å². The minimum absolute atomic E-state index is 0.161. The molecule has 0 aromatic carbocycles. The lowest BCUT2D eigenvalue weighted by Crippen LogP contribution is -2.34. The Kier molecular flexibility index (Phi) is 2.57. The van der Waals surface area contributed by atoms with Gasteiger partial charge in [-0.15, -0.1) is 0 Å². The summed E-state index contributed by atoms with van der Waals surface area (Å²) in [5.41, 5.74) is 1.17. The summed E-state index contributed by atoms with van der Waals surface area (Å²) in [4.78, 5) is 4.06. The first-order valence-electron chi connectivity index (χ1n) is 4.67.